The molecule has 0 radical (unpaired) electrons. The normalized spacial score (nSPS) is 10.3. The molecular formula is C14H10ClF2NO2. The van der Waals surface area contributed by atoms with Crippen molar-refractivity contribution >= 4 is 23.3 Å². The molecule has 0 spiro atoms. The number of carbonyl (C=O) groups excluding carboxylic acids is 1. The van der Waals surface area contributed by atoms with Gasteiger partial charge in [0.25, 0.3) is 0 Å². The number of nitrogens with two attached hydrogens (primary N) is 1. The fourth-order valence-corrected chi connectivity index (χ4v) is 1.80. The van der Waals surface area contributed by atoms with Gasteiger partial charge in [-0.2, -0.15) is 0 Å². The van der Waals surface area contributed by atoms with Crippen LogP contribution in [-0.2, 0) is 11.3 Å². The highest BCUT2D eigenvalue weighted by Crippen LogP contribution is 2.21. The van der Waals surface area contributed by atoms with Crippen molar-refractivity contribution < 1.29 is 18.3 Å². The number of anilines is 1. The molecule has 0 unspecified atom stereocenters. The molecule has 6 heteroatoms. The van der Waals surface area contributed by atoms with Gasteiger partial charge in [-0.15, -0.1) is 0 Å². The lowest BCUT2D eigenvalue weighted by Crippen LogP contribution is -2.09. The Hall–Kier alpha value is -2.14. The summed E-state index contributed by atoms with van der Waals surface area (Å²) in [5.74, 6) is -2.31. The Morgan fingerprint density at radius 1 is 1.20 bits per heavy atom. The minimum atomic E-state index is -0.915. The van der Waals surface area contributed by atoms with E-state index in [4.69, 9.17) is 22.1 Å². The van der Waals surface area contributed by atoms with E-state index in [2.05, 4.69) is 0 Å². The van der Waals surface area contributed by atoms with Gasteiger partial charge >= 0.3 is 5.97 Å². The molecule has 0 aromatic heterocycles. The van der Waals surface area contributed by atoms with Crippen molar-refractivity contribution in [3.63, 3.8) is 0 Å². The summed E-state index contributed by atoms with van der Waals surface area (Å²) < 4.78 is 31.8. The fraction of sp³-hybridized carbons (Fsp3) is 0.0714. The summed E-state index contributed by atoms with van der Waals surface area (Å²) in [6.45, 7) is -0.381. The van der Waals surface area contributed by atoms with Crippen molar-refractivity contribution in [3.8, 4) is 0 Å². The third-order valence-electron chi connectivity index (χ3n) is 2.62. The summed E-state index contributed by atoms with van der Waals surface area (Å²) in [5, 5.41) is 0.135. The van der Waals surface area contributed by atoms with Gasteiger partial charge in [0, 0.05) is 11.3 Å². The Kier molecular flexibility index (Phi) is 4.20. The Morgan fingerprint density at radius 3 is 2.60 bits per heavy atom. The minimum Gasteiger partial charge on any atom is -0.457 e. The van der Waals surface area contributed by atoms with Gasteiger partial charge in [-0.05, 0) is 30.3 Å². The van der Waals surface area contributed by atoms with Gasteiger partial charge in [-0.3, -0.25) is 0 Å². The standard InChI is InChI=1S/C14H10ClF2NO2/c15-11-2-1-3-12(16)10(11)7-20-14(19)9-5-4-8(18)6-13(9)17/h1-6H,7,18H2. The molecule has 2 rings (SSSR count). The van der Waals surface area contributed by atoms with E-state index in [0.717, 1.165) is 6.07 Å². The van der Waals surface area contributed by atoms with Gasteiger partial charge in [0.15, 0.2) is 0 Å². The number of hydrogen-bond donors (Lipinski definition) is 1. The van der Waals surface area contributed by atoms with Crippen LogP contribution in [0.2, 0.25) is 5.02 Å². The number of esters is 1. The zero-order chi connectivity index (χ0) is 14.7. The topological polar surface area (TPSA) is 52.3 Å². The van der Waals surface area contributed by atoms with Crippen molar-refractivity contribution in [1.82, 2.24) is 0 Å². The fourth-order valence-electron chi connectivity index (χ4n) is 1.58. The van der Waals surface area contributed by atoms with Gasteiger partial charge in [0.1, 0.15) is 18.2 Å². The van der Waals surface area contributed by atoms with Crippen molar-refractivity contribution in [1.29, 1.82) is 0 Å². The van der Waals surface area contributed by atoms with Crippen LogP contribution >= 0.6 is 11.6 Å². The lowest BCUT2D eigenvalue weighted by molar-refractivity contribution is 0.0464. The molecule has 0 bridgehead atoms. The maximum atomic E-state index is 13.5. The second-order valence-corrected chi connectivity index (χ2v) is 4.42. The molecule has 2 N–H and O–H groups in total. The highest BCUT2D eigenvalue weighted by molar-refractivity contribution is 6.31. The first-order chi connectivity index (χ1) is 9.49. The molecule has 0 saturated carbocycles. The summed E-state index contributed by atoms with van der Waals surface area (Å²) in [6.07, 6.45) is 0. The first-order valence-corrected chi connectivity index (χ1v) is 6.02. The Balaban J connectivity index is 2.13. The molecule has 2 aromatic carbocycles. The van der Waals surface area contributed by atoms with E-state index in [1.807, 2.05) is 0 Å². The second-order valence-electron chi connectivity index (χ2n) is 4.02. The first-order valence-electron chi connectivity index (χ1n) is 5.64. The number of halogens is 3. The van der Waals surface area contributed by atoms with Crippen LogP contribution in [0.25, 0.3) is 0 Å². The molecule has 0 aliphatic heterocycles. The van der Waals surface area contributed by atoms with Gasteiger partial charge in [-0.1, -0.05) is 17.7 Å². The number of nitrogen functional groups attached to an aromatic ring is 1. The number of rotatable bonds is 3. The van der Waals surface area contributed by atoms with Crippen LogP contribution in [0.1, 0.15) is 15.9 Å². The molecule has 0 atom stereocenters. The van der Waals surface area contributed by atoms with Crippen LogP contribution < -0.4 is 5.73 Å². The molecule has 0 saturated heterocycles. The maximum absolute atomic E-state index is 13.5. The summed E-state index contributed by atoms with van der Waals surface area (Å²) in [7, 11) is 0. The first kappa shape index (κ1) is 14.3. The number of hydrogen-bond acceptors (Lipinski definition) is 3. The van der Waals surface area contributed by atoms with Crippen LogP contribution in [0.5, 0.6) is 0 Å². The zero-order valence-electron chi connectivity index (χ0n) is 10.2. The van der Waals surface area contributed by atoms with Crippen molar-refractivity contribution in [2.45, 2.75) is 6.61 Å². The number of ether oxygens (including phenoxy) is 1. The van der Waals surface area contributed by atoms with Crippen LogP contribution in [0.15, 0.2) is 36.4 Å². The van der Waals surface area contributed by atoms with E-state index < -0.39 is 17.6 Å². The van der Waals surface area contributed by atoms with Gasteiger partial charge in [-0.25, -0.2) is 13.6 Å². The SMILES string of the molecule is Nc1ccc(C(=O)OCc2c(F)cccc2Cl)c(F)c1. The molecule has 0 aliphatic carbocycles. The zero-order valence-corrected chi connectivity index (χ0v) is 11.0. The monoisotopic (exact) mass is 297 g/mol. The molecule has 20 heavy (non-hydrogen) atoms. The van der Waals surface area contributed by atoms with Crippen molar-refractivity contribution in [3.05, 3.63) is 64.2 Å². The highest BCUT2D eigenvalue weighted by Gasteiger charge is 2.15. The predicted molar refractivity (Wildman–Crippen MR) is 71.3 cm³/mol. The Bertz CT molecular complexity index is 641. The van der Waals surface area contributed by atoms with Gasteiger partial charge in [0.05, 0.1) is 10.6 Å². The van der Waals surface area contributed by atoms with Crippen molar-refractivity contribution in [2.75, 3.05) is 5.73 Å². The number of carbonyl (C=O) groups is 1. The average Bonchev–Trinajstić information content (AvgIpc) is 2.37. The lowest BCUT2D eigenvalue weighted by atomic mass is 10.2. The molecule has 0 aliphatic rings. The summed E-state index contributed by atoms with van der Waals surface area (Å²) in [4.78, 5) is 11.7. The third-order valence-corrected chi connectivity index (χ3v) is 2.98. The van der Waals surface area contributed by atoms with Crippen molar-refractivity contribution in [2.24, 2.45) is 0 Å². The van der Waals surface area contributed by atoms with Gasteiger partial charge < -0.3 is 10.5 Å². The smallest absolute Gasteiger partial charge is 0.341 e. The minimum absolute atomic E-state index is 0.0402. The molecular weight excluding hydrogens is 288 g/mol. The third kappa shape index (κ3) is 3.05. The van der Waals surface area contributed by atoms with Crippen LogP contribution in [-0.4, -0.2) is 5.97 Å². The maximum Gasteiger partial charge on any atom is 0.341 e. The Morgan fingerprint density at radius 2 is 1.95 bits per heavy atom. The molecule has 2 aromatic rings. The van der Waals surface area contributed by atoms with E-state index in [9.17, 15) is 13.6 Å². The van der Waals surface area contributed by atoms with E-state index in [1.54, 1.807) is 0 Å². The van der Waals surface area contributed by atoms with Crippen LogP contribution in [0, 0.1) is 11.6 Å². The van der Waals surface area contributed by atoms with Gasteiger partial charge in [0.2, 0.25) is 0 Å². The molecule has 0 heterocycles. The van der Waals surface area contributed by atoms with E-state index in [1.165, 1.54) is 30.3 Å². The molecule has 104 valence electrons. The molecule has 0 fully saturated rings. The van der Waals surface area contributed by atoms with E-state index in [-0.39, 0.29) is 28.4 Å². The van der Waals surface area contributed by atoms with E-state index in [0.29, 0.717) is 0 Å². The summed E-state index contributed by atoms with van der Waals surface area (Å²) in [5.41, 5.74) is 5.33. The van der Waals surface area contributed by atoms with E-state index >= 15 is 0 Å². The highest BCUT2D eigenvalue weighted by atomic mass is 35.5. The quantitative estimate of drug-likeness (QED) is 0.696. The van der Waals surface area contributed by atoms with Crippen LogP contribution in [0.3, 0.4) is 0 Å². The summed E-state index contributed by atoms with van der Waals surface area (Å²) >= 11 is 5.79. The second kappa shape index (κ2) is 5.88. The number of benzene rings is 2. The lowest BCUT2D eigenvalue weighted by Gasteiger charge is -2.08. The molecule has 0 amide bonds. The van der Waals surface area contributed by atoms with Crippen LogP contribution in [0.4, 0.5) is 14.5 Å². The Labute approximate surface area is 118 Å². The molecule has 3 nitrogen and oxygen atoms in total. The average molecular weight is 298 g/mol. The summed E-state index contributed by atoms with van der Waals surface area (Å²) in [6, 6.07) is 7.68. The predicted octanol–water partition coefficient (Wildman–Crippen LogP) is 3.56. The largest absolute Gasteiger partial charge is 0.457 e.